The Morgan fingerprint density at radius 2 is 0.633 bits per heavy atom. The second-order valence-corrected chi connectivity index (χ2v) is 15.2. The Labute approximate surface area is 349 Å². The van der Waals surface area contributed by atoms with Crippen LogP contribution >= 0.6 is 0 Å². The highest BCUT2D eigenvalue weighted by Crippen LogP contribution is 2.36. The summed E-state index contributed by atoms with van der Waals surface area (Å²) in [5.41, 5.74) is 12.0. The van der Waals surface area contributed by atoms with E-state index in [2.05, 4.69) is 218 Å². The van der Waals surface area contributed by atoms with E-state index >= 15 is 0 Å². The van der Waals surface area contributed by atoms with Crippen molar-refractivity contribution in [1.82, 2.24) is 15.0 Å². The fourth-order valence-corrected chi connectivity index (χ4v) is 8.39. The number of aromatic nitrogens is 3. The van der Waals surface area contributed by atoms with Crippen molar-refractivity contribution in [2.24, 2.45) is 0 Å². The van der Waals surface area contributed by atoms with Gasteiger partial charge in [0.15, 0.2) is 17.5 Å². The Balaban J connectivity index is 1.00. The van der Waals surface area contributed by atoms with Gasteiger partial charge in [0.1, 0.15) is 0 Å². The molecule has 0 bridgehead atoms. The van der Waals surface area contributed by atoms with Gasteiger partial charge in [0, 0.05) is 16.7 Å². The van der Waals surface area contributed by atoms with Crippen LogP contribution in [0.2, 0.25) is 0 Å². The number of benzene rings is 10. The fraction of sp³-hybridized carbons (Fsp3) is 0. The number of nitrogens with zero attached hydrogens (tertiary/aromatic N) is 3. The first-order valence-electron chi connectivity index (χ1n) is 20.3. The van der Waals surface area contributed by atoms with Crippen LogP contribution in [-0.4, -0.2) is 15.0 Å². The van der Waals surface area contributed by atoms with Crippen molar-refractivity contribution in [2.75, 3.05) is 0 Å². The molecule has 0 spiro atoms. The fourth-order valence-electron chi connectivity index (χ4n) is 8.39. The summed E-state index contributed by atoms with van der Waals surface area (Å²) in [5.74, 6) is 1.88. The summed E-state index contributed by atoms with van der Waals surface area (Å²) < 4.78 is 0. The van der Waals surface area contributed by atoms with Gasteiger partial charge in [-0.1, -0.05) is 200 Å². The molecule has 60 heavy (non-hydrogen) atoms. The van der Waals surface area contributed by atoms with Crippen molar-refractivity contribution in [3.05, 3.63) is 224 Å². The van der Waals surface area contributed by atoms with E-state index in [0.29, 0.717) is 17.5 Å². The van der Waals surface area contributed by atoms with E-state index < -0.39 is 0 Å². The zero-order valence-corrected chi connectivity index (χ0v) is 32.7. The molecule has 3 nitrogen and oxygen atoms in total. The number of fused-ring (bicyclic) bond motifs is 3. The molecule has 0 fully saturated rings. The molecule has 0 saturated heterocycles. The largest absolute Gasteiger partial charge is 0.208 e. The van der Waals surface area contributed by atoms with Gasteiger partial charge in [-0.15, -0.1) is 0 Å². The summed E-state index contributed by atoms with van der Waals surface area (Å²) in [6, 6.07) is 79.6. The first-order chi connectivity index (χ1) is 29.7. The number of hydrogen-bond acceptors (Lipinski definition) is 3. The van der Waals surface area contributed by atoms with Crippen molar-refractivity contribution in [3.63, 3.8) is 0 Å². The Kier molecular flexibility index (Phi) is 8.83. The molecule has 11 aromatic rings. The van der Waals surface area contributed by atoms with Crippen molar-refractivity contribution < 1.29 is 0 Å². The molecule has 3 heteroatoms. The van der Waals surface area contributed by atoms with Gasteiger partial charge in [0.05, 0.1) is 0 Å². The van der Waals surface area contributed by atoms with Crippen LogP contribution < -0.4 is 0 Å². The Morgan fingerprint density at radius 1 is 0.200 bits per heavy atom. The predicted octanol–water partition coefficient (Wildman–Crippen LogP) is 15.0. The van der Waals surface area contributed by atoms with Gasteiger partial charge in [-0.25, -0.2) is 15.0 Å². The maximum atomic E-state index is 5.24. The molecule has 10 aromatic carbocycles. The topological polar surface area (TPSA) is 38.7 Å². The average molecular weight is 764 g/mol. The standard InChI is InChI=1S/C57H37N3/c1-2-12-38(13-3-1)40-24-27-42(28-25-40)55-58-56(60-57(59-55)54-22-9-8-21-53(54)49-32-26-39-14-4-5-16-43(39)35-49)50-19-10-18-44(37-50)45-29-30-47-36-48(33-31-46(47)34-45)52-23-11-17-41-15-6-7-20-51(41)52/h1-37H. The minimum absolute atomic E-state index is 0.623. The first kappa shape index (κ1) is 35.2. The highest BCUT2D eigenvalue weighted by molar-refractivity contribution is 6.00. The molecule has 0 N–H and O–H groups in total. The van der Waals surface area contributed by atoms with Crippen LogP contribution in [0.4, 0.5) is 0 Å². The highest BCUT2D eigenvalue weighted by atomic mass is 15.0. The molecule has 0 aliphatic carbocycles. The second kappa shape index (κ2) is 15.1. The van der Waals surface area contributed by atoms with E-state index in [0.717, 1.165) is 44.5 Å². The third kappa shape index (κ3) is 6.68. The molecule has 0 amide bonds. The van der Waals surface area contributed by atoms with Gasteiger partial charge >= 0.3 is 0 Å². The van der Waals surface area contributed by atoms with Gasteiger partial charge in [-0.2, -0.15) is 0 Å². The van der Waals surface area contributed by atoms with Crippen molar-refractivity contribution in [3.8, 4) is 78.7 Å². The van der Waals surface area contributed by atoms with Crippen LogP contribution in [0.3, 0.4) is 0 Å². The predicted molar refractivity (Wildman–Crippen MR) is 250 cm³/mol. The maximum Gasteiger partial charge on any atom is 0.164 e. The van der Waals surface area contributed by atoms with Crippen LogP contribution in [0, 0.1) is 0 Å². The summed E-state index contributed by atoms with van der Waals surface area (Å²) in [4.78, 5) is 15.6. The molecule has 0 atom stereocenters. The molecule has 0 unspecified atom stereocenters. The van der Waals surface area contributed by atoms with Crippen molar-refractivity contribution >= 4 is 32.3 Å². The lowest BCUT2D eigenvalue weighted by atomic mass is 9.94. The van der Waals surface area contributed by atoms with Crippen molar-refractivity contribution in [2.45, 2.75) is 0 Å². The van der Waals surface area contributed by atoms with Crippen molar-refractivity contribution in [1.29, 1.82) is 0 Å². The van der Waals surface area contributed by atoms with E-state index in [9.17, 15) is 0 Å². The summed E-state index contributed by atoms with van der Waals surface area (Å²) >= 11 is 0. The lowest BCUT2D eigenvalue weighted by Crippen LogP contribution is -2.01. The van der Waals surface area contributed by atoms with Crippen LogP contribution in [0.25, 0.3) is 111 Å². The van der Waals surface area contributed by atoms with E-state index in [-0.39, 0.29) is 0 Å². The van der Waals surface area contributed by atoms with Gasteiger partial charge < -0.3 is 0 Å². The highest BCUT2D eigenvalue weighted by Gasteiger charge is 2.17. The zero-order chi connectivity index (χ0) is 39.8. The first-order valence-corrected chi connectivity index (χ1v) is 20.3. The van der Waals surface area contributed by atoms with E-state index in [1.165, 1.54) is 49.0 Å². The third-order valence-corrected chi connectivity index (χ3v) is 11.5. The zero-order valence-electron chi connectivity index (χ0n) is 32.7. The lowest BCUT2D eigenvalue weighted by molar-refractivity contribution is 1.07. The third-order valence-electron chi connectivity index (χ3n) is 11.5. The van der Waals surface area contributed by atoms with Crippen LogP contribution in [0.15, 0.2) is 224 Å². The van der Waals surface area contributed by atoms with Crippen LogP contribution in [0.5, 0.6) is 0 Å². The van der Waals surface area contributed by atoms with Crippen LogP contribution in [-0.2, 0) is 0 Å². The summed E-state index contributed by atoms with van der Waals surface area (Å²) in [5, 5.41) is 7.30. The summed E-state index contributed by atoms with van der Waals surface area (Å²) in [6.07, 6.45) is 0. The molecule has 1 heterocycles. The minimum atomic E-state index is 0.623. The molecule has 0 aliphatic heterocycles. The summed E-state index contributed by atoms with van der Waals surface area (Å²) in [7, 11) is 0. The molecule has 0 aliphatic rings. The van der Waals surface area contributed by atoms with E-state index in [1.54, 1.807) is 0 Å². The van der Waals surface area contributed by atoms with Gasteiger partial charge in [-0.05, 0) is 101 Å². The Bertz CT molecular complexity index is 3360. The Morgan fingerprint density at radius 3 is 1.43 bits per heavy atom. The van der Waals surface area contributed by atoms with E-state index in [1.807, 2.05) is 6.07 Å². The number of rotatable bonds is 7. The van der Waals surface area contributed by atoms with E-state index in [4.69, 9.17) is 15.0 Å². The van der Waals surface area contributed by atoms with Gasteiger partial charge in [-0.3, -0.25) is 0 Å². The molecule has 0 radical (unpaired) electrons. The lowest BCUT2D eigenvalue weighted by Gasteiger charge is -2.13. The monoisotopic (exact) mass is 763 g/mol. The molecule has 0 saturated carbocycles. The quantitative estimate of drug-likeness (QED) is 0.162. The van der Waals surface area contributed by atoms with Crippen LogP contribution in [0.1, 0.15) is 0 Å². The summed E-state index contributed by atoms with van der Waals surface area (Å²) in [6.45, 7) is 0. The maximum absolute atomic E-state index is 5.24. The molecular weight excluding hydrogens is 727 g/mol. The molecule has 11 rings (SSSR count). The second-order valence-electron chi connectivity index (χ2n) is 15.2. The normalized spacial score (nSPS) is 11.3. The minimum Gasteiger partial charge on any atom is -0.208 e. The Hall–Kier alpha value is -8.01. The van der Waals surface area contributed by atoms with Gasteiger partial charge in [0.2, 0.25) is 0 Å². The molecule has 1 aromatic heterocycles. The average Bonchev–Trinajstić information content (AvgIpc) is 3.33. The molecule has 280 valence electrons. The smallest absolute Gasteiger partial charge is 0.164 e. The SMILES string of the molecule is c1ccc(-c2ccc(-c3nc(-c4cccc(-c5ccc6cc(-c7cccc8ccccc78)ccc6c5)c4)nc(-c4ccccc4-c4ccc5ccccc5c4)n3)cc2)cc1. The number of hydrogen-bond donors (Lipinski definition) is 0. The molecular formula is C57H37N3. The van der Waals surface area contributed by atoms with Gasteiger partial charge in [0.25, 0.3) is 0 Å².